The van der Waals surface area contributed by atoms with Crippen molar-refractivity contribution in [1.29, 1.82) is 0 Å². The number of hydrogen-bond donors (Lipinski definition) is 4. The zero-order valence-electron chi connectivity index (χ0n) is 25.7. The third kappa shape index (κ3) is 7.91. The zero-order valence-corrected chi connectivity index (χ0v) is 25.7. The molecule has 1 aromatic heterocycles. The minimum atomic E-state index is -1.21. The van der Waals surface area contributed by atoms with Crippen LogP contribution in [-0.4, -0.2) is 89.5 Å². The molecular formula is C33H43N4O7-. The molecule has 5 rings (SSSR count). The Morgan fingerprint density at radius 3 is 2.27 bits per heavy atom. The highest BCUT2D eigenvalue weighted by molar-refractivity contribution is 5.73. The van der Waals surface area contributed by atoms with Crippen molar-refractivity contribution in [2.45, 2.75) is 51.5 Å². The fourth-order valence-corrected chi connectivity index (χ4v) is 5.49. The van der Waals surface area contributed by atoms with Gasteiger partial charge >= 0.3 is 0 Å². The number of nitrogens with zero attached hydrogens (tertiary/aromatic N) is 3. The van der Waals surface area contributed by atoms with Gasteiger partial charge in [0.05, 0.1) is 56.6 Å². The van der Waals surface area contributed by atoms with Crippen LogP contribution in [0, 0.1) is 20.8 Å². The van der Waals surface area contributed by atoms with E-state index < -0.39 is 31.3 Å². The van der Waals surface area contributed by atoms with Crippen molar-refractivity contribution in [3.8, 4) is 16.9 Å². The van der Waals surface area contributed by atoms with Crippen LogP contribution in [0.4, 0.5) is 5.95 Å². The SMILES string of the molecule is Cc1nc(N2CCOCC2)nc(C)c1-c1cccc(CCc2ccc3c(c2)OC[C@H]3CC(=O)[O-])c1C.NC(CO)(CO)CO. The molecule has 238 valence electrons. The van der Waals surface area contributed by atoms with Crippen LogP contribution >= 0.6 is 0 Å². The smallest absolute Gasteiger partial charge is 0.225 e. The molecular weight excluding hydrogens is 564 g/mol. The number of aryl methyl sites for hydroxylation is 4. The minimum absolute atomic E-state index is 0.00565. The van der Waals surface area contributed by atoms with Gasteiger partial charge in [0.25, 0.3) is 0 Å². The Morgan fingerprint density at radius 1 is 1.02 bits per heavy atom. The number of ether oxygens (including phenoxy) is 2. The van der Waals surface area contributed by atoms with Crippen molar-refractivity contribution >= 4 is 11.9 Å². The summed E-state index contributed by atoms with van der Waals surface area (Å²) in [5.41, 5.74) is 12.9. The molecule has 0 bridgehead atoms. The lowest BCUT2D eigenvalue weighted by atomic mass is 9.91. The van der Waals surface area contributed by atoms with E-state index in [0.29, 0.717) is 19.8 Å². The lowest BCUT2D eigenvalue weighted by Gasteiger charge is -2.27. The second-order valence-electron chi connectivity index (χ2n) is 11.6. The topological polar surface area (TPSA) is 174 Å². The van der Waals surface area contributed by atoms with Gasteiger partial charge in [0.15, 0.2) is 0 Å². The second-order valence-corrected chi connectivity index (χ2v) is 11.6. The number of fused-ring (bicyclic) bond motifs is 1. The molecule has 2 aromatic carbocycles. The number of carboxylic acids is 1. The summed E-state index contributed by atoms with van der Waals surface area (Å²) in [6.07, 6.45) is 1.76. The number of hydrogen-bond acceptors (Lipinski definition) is 11. The van der Waals surface area contributed by atoms with Gasteiger partial charge in [0.2, 0.25) is 5.95 Å². The average molecular weight is 608 g/mol. The van der Waals surface area contributed by atoms with E-state index in [1.807, 2.05) is 6.07 Å². The quantitative estimate of drug-likeness (QED) is 0.259. The zero-order chi connectivity index (χ0) is 31.9. The number of rotatable bonds is 10. The van der Waals surface area contributed by atoms with Gasteiger partial charge in [-0.3, -0.25) is 0 Å². The molecule has 11 nitrogen and oxygen atoms in total. The predicted octanol–water partition coefficient (Wildman–Crippen LogP) is 0.967. The van der Waals surface area contributed by atoms with Crippen molar-refractivity contribution in [3.63, 3.8) is 0 Å². The highest BCUT2D eigenvalue weighted by atomic mass is 16.5. The average Bonchev–Trinajstić information content (AvgIpc) is 3.42. The Kier molecular flexibility index (Phi) is 11.3. The molecule has 2 aliphatic rings. The summed E-state index contributed by atoms with van der Waals surface area (Å²) in [6.45, 7) is 8.56. The summed E-state index contributed by atoms with van der Waals surface area (Å²) >= 11 is 0. The molecule has 1 saturated heterocycles. The highest BCUT2D eigenvalue weighted by Gasteiger charge is 2.25. The van der Waals surface area contributed by atoms with Crippen LogP contribution < -0.4 is 20.5 Å². The van der Waals surface area contributed by atoms with Gasteiger partial charge in [-0.2, -0.15) is 0 Å². The summed E-state index contributed by atoms with van der Waals surface area (Å²) in [5.74, 6) is 0.420. The van der Waals surface area contributed by atoms with E-state index in [9.17, 15) is 9.90 Å². The van der Waals surface area contributed by atoms with Gasteiger partial charge in [-0.25, -0.2) is 9.97 Å². The molecule has 1 atom stereocenters. The van der Waals surface area contributed by atoms with E-state index in [1.54, 1.807) is 0 Å². The van der Waals surface area contributed by atoms with Gasteiger partial charge < -0.3 is 45.3 Å². The van der Waals surface area contributed by atoms with Crippen LogP contribution in [0.2, 0.25) is 0 Å². The number of carbonyl (C=O) groups is 1. The molecule has 5 N–H and O–H groups in total. The number of aromatic nitrogens is 2. The molecule has 3 heterocycles. The maximum Gasteiger partial charge on any atom is 0.225 e. The summed E-state index contributed by atoms with van der Waals surface area (Å²) in [6, 6.07) is 12.6. The third-order valence-corrected chi connectivity index (χ3v) is 8.27. The van der Waals surface area contributed by atoms with Gasteiger partial charge in [-0.05, 0) is 68.4 Å². The number of aliphatic carboxylic acids is 1. The van der Waals surface area contributed by atoms with Crippen LogP contribution in [-0.2, 0) is 22.4 Å². The number of morpholine rings is 1. The van der Waals surface area contributed by atoms with Gasteiger partial charge in [-0.1, -0.05) is 30.3 Å². The van der Waals surface area contributed by atoms with Crippen molar-refractivity contribution < 1.29 is 34.7 Å². The van der Waals surface area contributed by atoms with E-state index in [0.717, 1.165) is 60.1 Å². The van der Waals surface area contributed by atoms with Crippen LogP contribution in [0.3, 0.4) is 0 Å². The lowest BCUT2D eigenvalue weighted by Crippen LogP contribution is -2.50. The normalized spacial score (nSPS) is 16.2. The monoisotopic (exact) mass is 607 g/mol. The largest absolute Gasteiger partial charge is 0.550 e. The molecule has 2 aliphatic heterocycles. The first-order valence-electron chi connectivity index (χ1n) is 14.9. The second kappa shape index (κ2) is 14.9. The molecule has 0 amide bonds. The van der Waals surface area contributed by atoms with Gasteiger partial charge in [0.1, 0.15) is 5.75 Å². The van der Waals surface area contributed by atoms with Crippen molar-refractivity contribution in [2.75, 3.05) is 57.6 Å². The van der Waals surface area contributed by atoms with E-state index in [1.165, 1.54) is 22.3 Å². The fourth-order valence-electron chi connectivity index (χ4n) is 5.49. The Balaban J connectivity index is 0.000000488. The Labute approximate surface area is 258 Å². The van der Waals surface area contributed by atoms with Crippen LogP contribution in [0.1, 0.15) is 46.0 Å². The van der Waals surface area contributed by atoms with E-state index in [-0.39, 0.29) is 12.3 Å². The maximum atomic E-state index is 11.0. The number of carbonyl (C=O) groups excluding carboxylic acids is 1. The molecule has 3 aromatic rings. The summed E-state index contributed by atoms with van der Waals surface area (Å²) < 4.78 is 11.2. The maximum absolute atomic E-state index is 11.0. The van der Waals surface area contributed by atoms with Crippen LogP contribution in [0.15, 0.2) is 36.4 Å². The molecule has 0 spiro atoms. The number of aliphatic hydroxyl groups is 3. The van der Waals surface area contributed by atoms with E-state index in [2.05, 4.69) is 56.0 Å². The number of aliphatic hydroxyl groups excluding tert-OH is 3. The Bertz CT molecular complexity index is 1410. The van der Waals surface area contributed by atoms with Crippen molar-refractivity contribution in [3.05, 3.63) is 70.0 Å². The summed E-state index contributed by atoms with van der Waals surface area (Å²) in [7, 11) is 0. The van der Waals surface area contributed by atoms with Gasteiger partial charge in [0, 0.05) is 36.1 Å². The first-order chi connectivity index (χ1) is 21.1. The summed E-state index contributed by atoms with van der Waals surface area (Å²) in [4.78, 5) is 22.9. The summed E-state index contributed by atoms with van der Waals surface area (Å²) in [5, 5.41) is 36.0. The minimum Gasteiger partial charge on any atom is -0.550 e. The molecule has 0 aliphatic carbocycles. The number of nitrogens with two attached hydrogens (primary N) is 1. The molecule has 11 heteroatoms. The molecule has 0 radical (unpaired) electrons. The van der Waals surface area contributed by atoms with Crippen LogP contribution in [0.25, 0.3) is 11.1 Å². The lowest BCUT2D eigenvalue weighted by molar-refractivity contribution is -0.306. The van der Waals surface area contributed by atoms with Crippen molar-refractivity contribution in [2.24, 2.45) is 5.73 Å². The molecule has 0 saturated carbocycles. The molecule has 1 fully saturated rings. The van der Waals surface area contributed by atoms with Crippen molar-refractivity contribution in [1.82, 2.24) is 9.97 Å². The fraction of sp³-hybridized carbons (Fsp3) is 0.485. The van der Waals surface area contributed by atoms with E-state index >= 15 is 0 Å². The van der Waals surface area contributed by atoms with Gasteiger partial charge in [-0.15, -0.1) is 0 Å². The predicted molar refractivity (Wildman–Crippen MR) is 165 cm³/mol. The first kappa shape index (κ1) is 33.3. The molecule has 44 heavy (non-hydrogen) atoms. The Hall–Kier alpha value is -3.61. The van der Waals surface area contributed by atoms with E-state index in [4.69, 9.17) is 40.5 Å². The Morgan fingerprint density at radius 2 is 1.68 bits per heavy atom. The number of anilines is 1. The third-order valence-electron chi connectivity index (χ3n) is 8.27. The van der Waals surface area contributed by atoms with Crippen LogP contribution in [0.5, 0.6) is 5.75 Å². The highest BCUT2D eigenvalue weighted by Crippen LogP contribution is 2.37. The first-order valence-corrected chi connectivity index (χ1v) is 14.9. The molecule has 0 unspecified atom stereocenters. The number of benzene rings is 2. The number of carboxylic acid groups (broad SMARTS) is 1. The standard InChI is InChI=1S/C29H33N3O4.C4H11NO3/c1-18-22(9-7-21-8-10-25-23(16-27(33)34)17-36-26(25)15-21)5-4-6-24(18)28-19(2)30-29(31-20(28)3)32-11-13-35-14-12-32;5-4(1-6,2-7)3-8/h4-6,8,10,15,23H,7,9,11-14,16-17H2,1-3H3,(H,33,34);6-8H,1-3,5H2/p-1/t23-;/m1./s1.